The van der Waals surface area contributed by atoms with E-state index in [0.717, 1.165) is 22.8 Å². The predicted molar refractivity (Wildman–Crippen MR) is 144 cm³/mol. The van der Waals surface area contributed by atoms with Gasteiger partial charge in [0.2, 0.25) is 0 Å². The van der Waals surface area contributed by atoms with Crippen molar-refractivity contribution in [3.8, 4) is 0 Å². The molecular formula is C28H26Cl2N4NiO2. The molecule has 9 heteroatoms. The normalized spacial score (nSPS) is 16.4. The molecule has 2 aliphatic carbocycles. The van der Waals surface area contributed by atoms with E-state index in [4.69, 9.17) is 23.2 Å². The topological polar surface area (TPSA) is 84.0 Å². The second kappa shape index (κ2) is 15.1. The van der Waals surface area contributed by atoms with Gasteiger partial charge in [-0.25, -0.2) is 0 Å². The van der Waals surface area contributed by atoms with Crippen LogP contribution in [-0.2, 0) is 39.2 Å². The summed E-state index contributed by atoms with van der Waals surface area (Å²) >= 11 is 11.7. The zero-order chi connectivity index (χ0) is 25.9. The fourth-order valence-corrected chi connectivity index (χ4v) is 3.55. The Kier molecular flexibility index (Phi) is 12.2. The Hall–Kier alpha value is -3.25. The number of allylic oxidation sites excluding steroid dienone is 10. The molecule has 6 nitrogen and oxygen atoms in total. The van der Waals surface area contributed by atoms with Gasteiger partial charge in [-0.2, -0.15) is 0 Å². The van der Waals surface area contributed by atoms with Crippen molar-refractivity contribution in [2.24, 2.45) is 0 Å². The molecular weight excluding hydrogens is 554 g/mol. The molecule has 0 radical (unpaired) electrons. The van der Waals surface area contributed by atoms with Crippen molar-refractivity contribution in [2.75, 3.05) is 0 Å². The van der Waals surface area contributed by atoms with Crippen LogP contribution in [0.15, 0.2) is 106 Å². The van der Waals surface area contributed by atoms with Crippen LogP contribution in [0, 0.1) is 13.8 Å². The van der Waals surface area contributed by atoms with Crippen molar-refractivity contribution >= 4 is 34.8 Å². The Labute approximate surface area is 236 Å². The number of aromatic nitrogens is 2. The molecule has 194 valence electrons. The maximum absolute atomic E-state index is 11.5. The van der Waals surface area contributed by atoms with Gasteiger partial charge in [0.25, 0.3) is 0 Å². The largest absolute Gasteiger partial charge is 0.385 e. The van der Waals surface area contributed by atoms with Crippen LogP contribution in [0.25, 0.3) is 0 Å². The summed E-state index contributed by atoms with van der Waals surface area (Å²) in [5, 5.41) is 7.24. The van der Waals surface area contributed by atoms with Crippen molar-refractivity contribution in [3.63, 3.8) is 0 Å². The molecule has 2 aromatic heterocycles. The molecule has 0 unspecified atom stereocenters. The van der Waals surface area contributed by atoms with E-state index in [1.165, 1.54) is 12.2 Å². The van der Waals surface area contributed by atoms with Crippen LogP contribution in [0.2, 0.25) is 0 Å². The molecule has 2 aromatic rings. The summed E-state index contributed by atoms with van der Waals surface area (Å²) in [6.07, 6.45) is 12.7. The fourth-order valence-electron chi connectivity index (χ4n) is 3.19. The second-order valence-electron chi connectivity index (χ2n) is 7.96. The van der Waals surface area contributed by atoms with E-state index in [2.05, 4.69) is 20.6 Å². The molecule has 4 rings (SSSR count). The van der Waals surface area contributed by atoms with Gasteiger partial charge in [-0.05, 0) is 74.6 Å². The summed E-state index contributed by atoms with van der Waals surface area (Å²) in [4.78, 5) is 31.8. The number of ketones is 2. The summed E-state index contributed by atoms with van der Waals surface area (Å²) in [7, 11) is 0. The van der Waals surface area contributed by atoms with Crippen LogP contribution in [0.5, 0.6) is 0 Å². The van der Waals surface area contributed by atoms with Gasteiger partial charge in [0.15, 0.2) is 11.6 Å². The first-order valence-electron chi connectivity index (χ1n) is 11.2. The molecule has 0 saturated heterocycles. The number of halogens is 2. The number of hydrogen-bond donors (Lipinski definition) is 2. The van der Waals surface area contributed by atoms with E-state index in [1.54, 1.807) is 36.7 Å². The van der Waals surface area contributed by atoms with Crippen LogP contribution >= 0.6 is 23.2 Å². The number of pyridine rings is 2. The van der Waals surface area contributed by atoms with Gasteiger partial charge in [0.1, 0.15) is 0 Å². The molecule has 0 aliphatic heterocycles. The third-order valence-electron chi connectivity index (χ3n) is 4.92. The Bertz CT molecular complexity index is 1230. The molecule has 2 heterocycles. The standard InChI is InChI=1S/2C14H13ClN2O.Ni/c2*1-10-3-2-4-13(17-10)9-16-8-11-7-12(15)5-6-14(11)18;/h2*2-8,16H,9H2,1H3;. The SMILES string of the molecule is Cc1cccc(CNC=C2C=C(Cl)C=CC2=O)n1.Cc1cccc(CNC=C2C=C(Cl)C=CC2=O)n1.[Ni]. The zero-order valence-corrected chi connectivity index (χ0v) is 22.8. The van der Waals surface area contributed by atoms with Crippen LogP contribution in [-0.4, -0.2) is 21.5 Å². The number of carbonyl (C=O) groups is 2. The molecule has 0 bridgehead atoms. The minimum absolute atomic E-state index is 0. The van der Waals surface area contributed by atoms with Crippen molar-refractivity contribution in [1.29, 1.82) is 0 Å². The van der Waals surface area contributed by atoms with Gasteiger partial charge in [0.05, 0.1) is 24.5 Å². The minimum Gasteiger partial charge on any atom is -0.385 e. The van der Waals surface area contributed by atoms with Gasteiger partial charge in [0, 0.05) is 61.5 Å². The summed E-state index contributed by atoms with van der Waals surface area (Å²) in [6, 6.07) is 11.7. The molecule has 0 saturated carbocycles. The van der Waals surface area contributed by atoms with Gasteiger partial charge in [-0.15, -0.1) is 0 Å². The first-order valence-corrected chi connectivity index (χ1v) is 12.0. The number of rotatable bonds is 6. The molecule has 2 N–H and O–H groups in total. The van der Waals surface area contributed by atoms with E-state index in [0.29, 0.717) is 34.3 Å². The molecule has 0 spiro atoms. The van der Waals surface area contributed by atoms with Crippen molar-refractivity contribution in [1.82, 2.24) is 20.6 Å². The molecule has 2 aliphatic rings. The number of aryl methyl sites for hydroxylation is 2. The molecule has 0 aromatic carbocycles. The monoisotopic (exact) mass is 578 g/mol. The Morgan fingerprint density at radius 1 is 0.703 bits per heavy atom. The van der Waals surface area contributed by atoms with Crippen LogP contribution < -0.4 is 10.6 Å². The number of nitrogens with zero attached hydrogens (tertiary/aromatic N) is 2. The average Bonchev–Trinajstić information content (AvgIpc) is 2.84. The quantitative estimate of drug-likeness (QED) is 0.359. The predicted octanol–water partition coefficient (Wildman–Crippen LogP) is 5.25. The maximum Gasteiger partial charge on any atom is 0.187 e. The average molecular weight is 580 g/mol. The van der Waals surface area contributed by atoms with Gasteiger partial charge in [-0.3, -0.25) is 19.6 Å². The maximum atomic E-state index is 11.5. The smallest absolute Gasteiger partial charge is 0.187 e. The van der Waals surface area contributed by atoms with Gasteiger partial charge < -0.3 is 10.6 Å². The Morgan fingerprint density at radius 2 is 1.11 bits per heavy atom. The second-order valence-corrected chi connectivity index (χ2v) is 8.83. The number of hydrogen-bond acceptors (Lipinski definition) is 6. The first kappa shape index (κ1) is 30.0. The summed E-state index contributed by atoms with van der Waals surface area (Å²) in [5.74, 6) is -0.104. The van der Waals surface area contributed by atoms with Gasteiger partial charge >= 0.3 is 0 Å². The molecule has 0 fully saturated rings. The van der Waals surface area contributed by atoms with Crippen LogP contribution in [0.4, 0.5) is 0 Å². The van der Waals surface area contributed by atoms with E-state index in [-0.39, 0.29) is 28.1 Å². The van der Waals surface area contributed by atoms with Crippen molar-refractivity contribution in [2.45, 2.75) is 26.9 Å². The zero-order valence-electron chi connectivity index (χ0n) is 20.3. The Balaban J connectivity index is 0.000000253. The third kappa shape index (κ3) is 10.3. The fraction of sp³-hybridized carbons (Fsp3) is 0.143. The first-order chi connectivity index (χ1) is 17.3. The number of nitrogens with one attached hydrogen (secondary N) is 2. The molecule has 0 atom stereocenters. The summed E-state index contributed by atoms with van der Waals surface area (Å²) in [5.41, 5.74) is 4.91. The van der Waals surface area contributed by atoms with Crippen LogP contribution in [0.1, 0.15) is 22.8 Å². The van der Waals surface area contributed by atoms with E-state index in [1.807, 2.05) is 50.2 Å². The molecule has 37 heavy (non-hydrogen) atoms. The van der Waals surface area contributed by atoms with E-state index < -0.39 is 0 Å². The third-order valence-corrected chi connectivity index (χ3v) is 5.39. The van der Waals surface area contributed by atoms with Crippen LogP contribution in [0.3, 0.4) is 0 Å². The summed E-state index contributed by atoms with van der Waals surface area (Å²) in [6.45, 7) is 5.04. The van der Waals surface area contributed by atoms with Gasteiger partial charge in [-0.1, -0.05) is 35.3 Å². The minimum atomic E-state index is -0.0518. The summed E-state index contributed by atoms with van der Waals surface area (Å²) < 4.78 is 0. The Morgan fingerprint density at radius 3 is 1.49 bits per heavy atom. The van der Waals surface area contributed by atoms with Crippen molar-refractivity contribution < 1.29 is 26.1 Å². The number of carbonyl (C=O) groups excluding carboxylic acids is 2. The molecule has 0 amide bonds. The van der Waals surface area contributed by atoms with E-state index >= 15 is 0 Å². The van der Waals surface area contributed by atoms with Crippen molar-refractivity contribution in [3.05, 3.63) is 129 Å². The van der Waals surface area contributed by atoms with E-state index in [9.17, 15) is 9.59 Å².